The zero-order valence-electron chi connectivity index (χ0n) is 16.9. The number of benzene rings is 1. The molecule has 1 aromatic rings. The number of para-hydroxylation sites is 1. The molecule has 0 amide bonds. The van der Waals surface area contributed by atoms with E-state index in [0.717, 1.165) is 16.3 Å². The van der Waals surface area contributed by atoms with Crippen molar-refractivity contribution >= 4 is 22.6 Å². The normalized spacial score (nSPS) is 17.7. The van der Waals surface area contributed by atoms with Crippen LogP contribution in [0.25, 0.3) is 0 Å². The van der Waals surface area contributed by atoms with Gasteiger partial charge < -0.3 is 5.32 Å². The SMILES string of the molecule is C=C(Nc1ccccc1SC(=O)C(C)C)C1(CC(C)CC)CCCCC1. The molecule has 0 saturated heterocycles. The Labute approximate surface area is 164 Å². The van der Waals surface area contributed by atoms with Crippen LogP contribution in [-0.4, -0.2) is 5.12 Å². The summed E-state index contributed by atoms with van der Waals surface area (Å²) >= 11 is 1.34. The van der Waals surface area contributed by atoms with Crippen molar-refractivity contribution in [3.05, 3.63) is 36.5 Å². The number of carbonyl (C=O) groups is 1. The zero-order chi connectivity index (χ0) is 19.2. The molecule has 0 aromatic heterocycles. The third-order valence-corrected chi connectivity index (χ3v) is 6.99. The highest BCUT2D eigenvalue weighted by atomic mass is 32.2. The second-order valence-electron chi connectivity index (χ2n) is 8.23. The van der Waals surface area contributed by atoms with Crippen molar-refractivity contribution in [1.82, 2.24) is 0 Å². The van der Waals surface area contributed by atoms with Gasteiger partial charge in [-0.2, -0.15) is 0 Å². The number of anilines is 1. The highest BCUT2D eigenvalue weighted by Crippen LogP contribution is 2.47. The van der Waals surface area contributed by atoms with E-state index in [1.807, 2.05) is 32.0 Å². The van der Waals surface area contributed by atoms with E-state index in [1.165, 1.54) is 56.7 Å². The van der Waals surface area contributed by atoms with Crippen LogP contribution in [0.2, 0.25) is 0 Å². The topological polar surface area (TPSA) is 29.1 Å². The summed E-state index contributed by atoms with van der Waals surface area (Å²) < 4.78 is 0. The van der Waals surface area contributed by atoms with Crippen molar-refractivity contribution in [2.75, 3.05) is 5.32 Å². The average Bonchev–Trinajstić information content (AvgIpc) is 2.63. The molecule has 0 bridgehead atoms. The minimum Gasteiger partial charge on any atom is -0.358 e. The van der Waals surface area contributed by atoms with Gasteiger partial charge in [-0.05, 0) is 49.1 Å². The molecule has 1 saturated carbocycles. The number of rotatable bonds is 8. The Bertz CT molecular complexity index is 616. The fourth-order valence-electron chi connectivity index (χ4n) is 3.85. The van der Waals surface area contributed by atoms with Gasteiger partial charge in [-0.1, -0.05) is 72.1 Å². The van der Waals surface area contributed by atoms with Gasteiger partial charge in [0.05, 0.1) is 5.69 Å². The van der Waals surface area contributed by atoms with Gasteiger partial charge in [0, 0.05) is 21.9 Å². The van der Waals surface area contributed by atoms with Gasteiger partial charge in [0.1, 0.15) is 0 Å². The van der Waals surface area contributed by atoms with E-state index in [2.05, 4.69) is 31.8 Å². The van der Waals surface area contributed by atoms with Gasteiger partial charge >= 0.3 is 0 Å². The number of thioether (sulfide) groups is 1. The maximum Gasteiger partial charge on any atom is 0.196 e. The van der Waals surface area contributed by atoms with Crippen LogP contribution >= 0.6 is 11.8 Å². The number of hydrogen-bond donors (Lipinski definition) is 1. The van der Waals surface area contributed by atoms with Crippen LogP contribution < -0.4 is 5.32 Å². The molecule has 0 heterocycles. The second kappa shape index (κ2) is 9.64. The van der Waals surface area contributed by atoms with Crippen LogP contribution in [0.3, 0.4) is 0 Å². The molecule has 1 fully saturated rings. The first-order valence-electron chi connectivity index (χ1n) is 10.1. The molecule has 144 valence electrons. The first-order valence-corrected chi connectivity index (χ1v) is 11.0. The smallest absolute Gasteiger partial charge is 0.196 e. The molecule has 1 aliphatic rings. The molecule has 26 heavy (non-hydrogen) atoms. The highest BCUT2D eigenvalue weighted by Gasteiger charge is 2.36. The third kappa shape index (κ3) is 5.39. The molecule has 0 spiro atoms. The lowest BCUT2D eigenvalue weighted by molar-refractivity contribution is -0.113. The van der Waals surface area contributed by atoms with E-state index in [4.69, 9.17) is 0 Å². The average molecular weight is 374 g/mol. The van der Waals surface area contributed by atoms with E-state index in [0.29, 0.717) is 5.92 Å². The molecule has 0 radical (unpaired) electrons. The predicted octanol–water partition coefficient (Wildman–Crippen LogP) is 7.27. The van der Waals surface area contributed by atoms with Gasteiger partial charge in [0.25, 0.3) is 0 Å². The number of nitrogens with one attached hydrogen (secondary N) is 1. The summed E-state index contributed by atoms with van der Waals surface area (Å²) in [6, 6.07) is 8.13. The summed E-state index contributed by atoms with van der Waals surface area (Å²) in [6.45, 7) is 13.0. The summed E-state index contributed by atoms with van der Waals surface area (Å²) in [5, 5.41) is 3.83. The van der Waals surface area contributed by atoms with Gasteiger partial charge in [-0.3, -0.25) is 4.79 Å². The van der Waals surface area contributed by atoms with Crippen LogP contribution in [0.15, 0.2) is 41.4 Å². The first-order chi connectivity index (χ1) is 12.4. The van der Waals surface area contributed by atoms with Crippen LogP contribution in [-0.2, 0) is 4.79 Å². The maximum atomic E-state index is 12.2. The molecule has 1 aromatic carbocycles. The third-order valence-electron chi connectivity index (χ3n) is 5.74. The van der Waals surface area contributed by atoms with Crippen LogP contribution in [0.1, 0.15) is 72.6 Å². The molecule has 1 unspecified atom stereocenters. The summed E-state index contributed by atoms with van der Waals surface area (Å²) in [6.07, 6.45) is 8.79. The van der Waals surface area contributed by atoms with Crippen molar-refractivity contribution in [2.24, 2.45) is 17.3 Å². The number of carbonyl (C=O) groups excluding carboxylic acids is 1. The van der Waals surface area contributed by atoms with Crippen LogP contribution in [0.4, 0.5) is 5.69 Å². The molecule has 2 nitrogen and oxygen atoms in total. The van der Waals surface area contributed by atoms with E-state index < -0.39 is 0 Å². The zero-order valence-corrected chi connectivity index (χ0v) is 17.8. The van der Waals surface area contributed by atoms with Gasteiger partial charge in [-0.25, -0.2) is 0 Å². The predicted molar refractivity (Wildman–Crippen MR) is 114 cm³/mol. The Hall–Kier alpha value is -1.22. The Morgan fingerprint density at radius 3 is 2.46 bits per heavy atom. The molecule has 3 heteroatoms. The molecule has 1 aliphatic carbocycles. The summed E-state index contributed by atoms with van der Waals surface area (Å²) in [7, 11) is 0. The van der Waals surface area contributed by atoms with Crippen LogP contribution in [0, 0.1) is 17.3 Å². The first kappa shape index (κ1) is 21.1. The molecule has 0 aliphatic heterocycles. The number of hydrogen-bond acceptors (Lipinski definition) is 3. The molecule has 1 atom stereocenters. The summed E-state index contributed by atoms with van der Waals surface area (Å²) in [5.41, 5.74) is 2.35. The highest BCUT2D eigenvalue weighted by molar-refractivity contribution is 8.13. The monoisotopic (exact) mass is 373 g/mol. The molecule has 1 N–H and O–H groups in total. The van der Waals surface area contributed by atoms with Crippen molar-refractivity contribution in [1.29, 1.82) is 0 Å². The largest absolute Gasteiger partial charge is 0.358 e. The summed E-state index contributed by atoms with van der Waals surface area (Å²) in [4.78, 5) is 13.2. The van der Waals surface area contributed by atoms with Crippen molar-refractivity contribution in [3.8, 4) is 0 Å². The van der Waals surface area contributed by atoms with E-state index in [1.54, 1.807) is 0 Å². The lowest BCUT2D eigenvalue weighted by Crippen LogP contribution is -2.31. The molecular weight excluding hydrogens is 338 g/mol. The second-order valence-corrected chi connectivity index (χ2v) is 9.28. The van der Waals surface area contributed by atoms with E-state index in [-0.39, 0.29) is 16.4 Å². The Balaban J connectivity index is 2.20. The van der Waals surface area contributed by atoms with Gasteiger partial charge in [0.2, 0.25) is 0 Å². The Morgan fingerprint density at radius 1 is 1.19 bits per heavy atom. The minimum atomic E-state index is 0.0337. The summed E-state index contributed by atoms with van der Waals surface area (Å²) in [5.74, 6) is 0.741. The van der Waals surface area contributed by atoms with Gasteiger partial charge in [-0.15, -0.1) is 0 Å². The fraction of sp³-hybridized carbons (Fsp3) is 0.609. The standard InChI is InChI=1S/C23H35NOS/c1-6-18(4)16-23(14-10-7-11-15-23)19(5)24-20-12-8-9-13-21(20)26-22(25)17(2)3/h8-9,12-13,17-18,24H,5-7,10-11,14-16H2,1-4H3. The molecule has 2 rings (SSSR count). The van der Waals surface area contributed by atoms with Crippen molar-refractivity contribution in [3.63, 3.8) is 0 Å². The minimum absolute atomic E-state index is 0.0337. The maximum absolute atomic E-state index is 12.2. The lowest BCUT2D eigenvalue weighted by Gasteiger charge is -2.41. The quantitative estimate of drug-likeness (QED) is 0.486. The number of allylic oxidation sites excluding steroid dienone is 1. The Kier molecular flexibility index (Phi) is 7.82. The van der Waals surface area contributed by atoms with E-state index >= 15 is 0 Å². The van der Waals surface area contributed by atoms with Crippen molar-refractivity contribution in [2.45, 2.75) is 77.5 Å². The van der Waals surface area contributed by atoms with Crippen LogP contribution in [0.5, 0.6) is 0 Å². The van der Waals surface area contributed by atoms with Gasteiger partial charge in [0.15, 0.2) is 5.12 Å². The van der Waals surface area contributed by atoms with E-state index in [9.17, 15) is 4.79 Å². The molecular formula is C23H35NOS. The lowest BCUT2D eigenvalue weighted by atomic mass is 9.67. The fourth-order valence-corrected chi connectivity index (χ4v) is 4.68. The Morgan fingerprint density at radius 2 is 1.85 bits per heavy atom. The van der Waals surface area contributed by atoms with Crippen molar-refractivity contribution < 1.29 is 4.79 Å².